The van der Waals surface area contributed by atoms with Crippen molar-refractivity contribution in [3.05, 3.63) is 78.1 Å². The van der Waals surface area contributed by atoms with Crippen LogP contribution in [0.2, 0.25) is 0 Å². The van der Waals surface area contributed by atoms with E-state index in [4.69, 9.17) is 9.47 Å². The lowest BCUT2D eigenvalue weighted by Gasteiger charge is -2.19. The van der Waals surface area contributed by atoms with Gasteiger partial charge >= 0.3 is 0 Å². The predicted octanol–water partition coefficient (Wildman–Crippen LogP) is 3.57. The highest BCUT2D eigenvalue weighted by Gasteiger charge is 2.12. The molecule has 2 aromatic carbocycles. The molecule has 0 aliphatic carbocycles. The van der Waals surface area contributed by atoms with Crippen molar-refractivity contribution >= 4 is 17.3 Å². The van der Waals surface area contributed by atoms with Crippen LogP contribution in [-0.4, -0.2) is 30.6 Å². The highest BCUT2D eigenvalue weighted by Crippen LogP contribution is 2.33. The van der Waals surface area contributed by atoms with Crippen LogP contribution in [0.5, 0.6) is 11.5 Å². The first kappa shape index (κ1) is 17.9. The first-order valence-electron chi connectivity index (χ1n) is 9.23. The summed E-state index contributed by atoms with van der Waals surface area (Å²) >= 11 is 0. The third kappa shape index (κ3) is 4.40. The molecule has 1 aromatic heterocycles. The summed E-state index contributed by atoms with van der Waals surface area (Å²) in [4.78, 5) is 16.6. The van der Waals surface area contributed by atoms with Crippen molar-refractivity contribution in [2.75, 3.05) is 25.1 Å². The molecule has 0 radical (unpaired) electrons. The molecule has 6 nitrogen and oxygen atoms in total. The molecule has 0 saturated carbocycles. The van der Waals surface area contributed by atoms with Gasteiger partial charge in [0, 0.05) is 30.2 Å². The van der Waals surface area contributed by atoms with Crippen LogP contribution in [0.25, 0.3) is 0 Å². The average Bonchev–Trinajstić information content (AvgIpc) is 2.74. The van der Waals surface area contributed by atoms with E-state index in [0.29, 0.717) is 31.2 Å². The quantitative estimate of drug-likeness (QED) is 0.689. The lowest BCUT2D eigenvalue weighted by molar-refractivity contribution is 0.0949. The maximum absolute atomic E-state index is 12.4. The van der Waals surface area contributed by atoms with Gasteiger partial charge in [0.1, 0.15) is 18.9 Å². The zero-order chi connectivity index (χ0) is 19.2. The Hall–Kier alpha value is -3.54. The second-order valence-electron chi connectivity index (χ2n) is 6.40. The minimum atomic E-state index is -0.193. The van der Waals surface area contributed by atoms with Crippen LogP contribution in [0.3, 0.4) is 0 Å². The van der Waals surface area contributed by atoms with E-state index in [1.54, 1.807) is 12.3 Å². The van der Waals surface area contributed by atoms with Crippen LogP contribution >= 0.6 is 0 Å². The summed E-state index contributed by atoms with van der Waals surface area (Å²) in [5, 5.41) is 6.19. The molecule has 2 heterocycles. The average molecular weight is 375 g/mol. The largest absolute Gasteiger partial charge is 0.486 e. The van der Waals surface area contributed by atoms with E-state index in [2.05, 4.69) is 15.6 Å². The number of hydrogen-bond acceptors (Lipinski definition) is 5. The SMILES string of the molecule is O=C(NCCc1ccccc1)c1cc(Nc2ccc3c(c2)OCCO3)ccn1. The van der Waals surface area contributed by atoms with Crippen molar-refractivity contribution in [2.45, 2.75) is 6.42 Å². The summed E-state index contributed by atoms with van der Waals surface area (Å²) in [6, 6.07) is 19.3. The minimum Gasteiger partial charge on any atom is -0.486 e. The summed E-state index contributed by atoms with van der Waals surface area (Å²) in [7, 11) is 0. The predicted molar refractivity (Wildman–Crippen MR) is 107 cm³/mol. The first-order valence-corrected chi connectivity index (χ1v) is 9.23. The Morgan fingerprint density at radius 2 is 1.71 bits per heavy atom. The lowest BCUT2D eigenvalue weighted by atomic mass is 10.1. The van der Waals surface area contributed by atoms with Crippen molar-refractivity contribution in [3.63, 3.8) is 0 Å². The summed E-state index contributed by atoms with van der Waals surface area (Å²) in [6.07, 6.45) is 2.40. The van der Waals surface area contributed by atoms with E-state index in [-0.39, 0.29) is 5.91 Å². The van der Waals surface area contributed by atoms with Gasteiger partial charge in [0.15, 0.2) is 11.5 Å². The molecular weight excluding hydrogens is 354 g/mol. The number of fused-ring (bicyclic) bond motifs is 1. The van der Waals surface area contributed by atoms with E-state index in [1.807, 2.05) is 54.6 Å². The van der Waals surface area contributed by atoms with Gasteiger partial charge in [0.05, 0.1) is 0 Å². The number of nitrogens with zero attached hydrogens (tertiary/aromatic N) is 1. The third-order valence-electron chi connectivity index (χ3n) is 4.37. The number of anilines is 2. The molecule has 1 aliphatic rings. The Kier molecular flexibility index (Phi) is 5.38. The van der Waals surface area contributed by atoms with Gasteiger partial charge in [-0.2, -0.15) is 0 Å². The normalized spacial score (nSPS) is 12.3. The molecule has 1 aliphatic heterocycles. The molecule has 0 unspecified atom stereocenters. The molecule has 0 saturated heterocycles. The highest BCUT2D eigenvalue weighted by molar-refractivity contribution is 5.93. The molecule has 0 fully saturated rings. The molecule has 2 N–H and O–H groups in total. The molecule has 4 rings (SSSR count). The van der Waals surface area contributed by atoms with Crippen LogP contribution in [-0.2, 0) is 6.42 Å². The van der Waals surface area contributed by atoms with Gasteiger partial charge in [-0.3, -0.25) is 9.78 Å². The standard InChI is InChI=1S/C22H21N3O3/c26-22(24-10-8-16-4-2-1-3-5-16)19-14-18(9-11-23-19)25-17-6-7-20-21(15-17)28-13-12-27-20/h1-7,9,11,14-15H,8,10,12-13H2,(H,23,25)(H,24,26). The smallest absolute Gasteiger partial charge is 0.269 e. The zero-order valence-electron chi connectivity index (χ0n) is 15.4. The van der Waals surface area contributed by atoms with E-state index in [1.165, 1.54) is 5.56 Å². The second kappa shape index (κ2) is 8.43. The van der Waals surface area contributed by atoms with Crippen molar-refractivity contribution in [1.29, 1.82) is 0 Å². The minimum absolute atomic E-state index is 0.193. The number of rotatable bonds is 6. The first-order chi connectivity index (χ1) is 13.8. The Labute approximate surface area is 163 Å². The van der Waals surface area contributed by atoms with Crippen molar-refractivity contribution in [3.8, 4) is 11.5 Å². The van der Waals surface area contributed by atoms with Crippen molar-refractivity contribution in [1.82, 2.24) is 10.3 Å². The molecular formula is C22H21N3O3. The van der Waals surface area contributed by atoms with Gasteiger partial charge in [0.2, 0.25) is 0 Å². The summed E-state index contributed by atoms with van der Waals surface area (Å²) in [5.74, 6) is 1.26. The molecule has 3 aromatic rings. The monoisotopic (exact) mass is 375 g/mol. The number of carbonyl (C=O) groups is 1. The number of aromatic nitrogens is 1. The molecule has 28 heavy (non-hydrogen) atoms. The van der Waals surface area contributed by atoms with Crippen LogP contribution in [0.4, 0.5) is 11.4 Å². The number of nitrogens with one attached hydrogen (secondary N) is 2. The molecule has 0 spiro atoms. The summed E-state index contributed by atoms with van der Waals surface area (Å²) in [6.45, 7) is 1.66. The third-order valence-corrected chi connectivity index (χ3v) is 4.37. The van der Waals surface area contributed by atoms with E-state index < -0.39 is 0 Å². The molecule has 142 valence electrons. The van der Waals surface area contributed by atoms with Crippen LogP contribution in [0.15, 0.2) is 66.9 Å². The summed E-state index contributed by atoms with van der Waals surface area (Å²) < 4.78 is 11.1. The number of ether oxygens (including phenoxy) is 2. The summed E-state index contributed by atoms with van der Waals surface area (Å²) in [5.41, 5.74) is 3.19. The molecule has 6 heteroatoms. The Bertz CT molecular complexity index is 960. The zero-order valence-corrected chi connectivity index (χ0v) is 15.4. The fraction of sp³-hybridized carbons (Fsp3) is 0.182. The van der Waals surface area contributed by atoms with Gasteiger partial charge in [-0.05, 0) is 36.2 Å². The Morgan fingerprint density at radius 3 is 2.57 bits per heavy atom. The van der Waals surface area contributed by atoms with Gasteiger partial charge in [-0.15, -0.1) is 0 Å². The van der Waals surface area contributed by atoms with Crippen LogP contribution < -0.4 is 20.1 Å². The molecule has 0 bridgehead atoms. The lowest BCUT2D eigenvalue weighted by Crippen LogP contribution is -2.26. The van der Waals surface area contributed by atoms with Crippen molar-refractivity contribution in [2.24, 2.45) is 0 Å². The number of hydrogen-bond donors (Lipinski definition) is 2. The number of amides is 1. The van der Waals surface area contributed by atoms with E-state index in [9.17, 15) is 4.79 Å². The number of pyridine rings is 1. The topological polar surface area (TPSA) is 72.5 Å². The number of carbonyl (C=O) groups excluding carboxylic acids is 1. The van der Waals surface area contributed by atoms with Gasteiger partial charge in [-0.25, -0.2) is 0 Å². The van der Waals surface area contributed by atoms with Crippen molar-refractivity contribution < 1.29 is 14.3 Å². The van der Waals surface area contributed by atoms with Gasteiger partial charge in [-0.1, -0.05) is 30.3 Å². The maximum Gasteiger partial charge on any atom is 0.269 e. The van der Waals surface area contributed by atoms with E-state index in [0.717, 1.165) is 23.5 Å². The Balaban J connectivity index is 1.37. The highest BCUT2D eigenvalue weighted by atomic mass is 16.6. The van der Waals surface area contributed by atoms with Gasteiger partial charge in [0.25, 0.3) is 5.91 Å². The maximum atomic E-state index is 12.4. The molecule has 0 atom stereocenters. The van der Waals surface area contributed by atoms with Gasteiger partial charge < -0.3 is 20.1 Å². The molecule has 1 amide bonds. The van der Waals surface area contributed by atoms with Crippen LogP contribution in [0.1, 0.15) is 16.1 Å². The second-order valence-corrected chi connectivity index (χ2v) is 6.40. The Morgan fingerprint density at radius 1 is 0.929 bits per heavy atom. The number of benzene rings is 2. The fourth-order valence-corrected chi connectivity index (χ4v) is 2.98. The fourth-order valence-electron chi connectivity index (χ4n) is 2.98. The van der Waals surface area contributed by atoms with Crippen LogP contribution in [0, 0.1) is 0 Å². The van der Waals surface area contributed by atoms with E-state index >= 15 is 0 Å².